The molecule has 0 saturated carbocycles. The molecule has 2 aromatic rings. The van der Waals surface area contributed by atoms with E-state index in [0.717, 1.165) is 14.7 Å². The maximum atomic E-state index is 11.4. The van der Waals surface area contributed by atoms with Gasteiger partial charge in [-0.15, -0.1) is 11.3 Å². The summed E-state index contributed by atoms with van der Waals surface area (Å²) in [5, 5.41) is 0.773. The normalized spacial score (nSPS) is 10.5. The molecule has 2 N–H and O–H groups in total. The number of fused-ring (bicyclic) bond motifs is 1. The number of carbonyl (C=O) groups excluding carboxylic acids is 1. The van der Waals surface area contributed by atoms with Crippen LogP contribution in [0.2, 0.25) is 0 Å². The lowest BCUT2D eigenvalue weighted by Gasteiger charge is -1.95. The van der Waals surface area contributed by atoms with E-state index in [1.54, 1.807) is 6.20 Å². The van der Waals surface area contributed by atoms with E-state index in [0.29, 0.717) is 10.6 Å². The van der Waals surface area contributed by atoms with Crippen LogP contribution < -0.4 is 5.73 Å². The van der Waals surface area contributed by atoms with Gasteiger partial charge in [-0.3, -0.25) is 0 Å². The molecule has 0 aliphatic heterocycles. The summed E-state index contributed by atoms with van der Waals surface area (Å²) in [4.78, 5) is 16.7. The van der Waals surface area contributed by atoms with Gasteiger partial charge in [0, 0.05) is 16.1 Å². The molecular formula is C9H7BrN2O2S. The fourth-order valence-corrected chi connectivity index (χ4v) is 2.51. The molecule has 0 radical (unpaired) electrons. The second-order valence-corrected chi connectivity index (χ2v) is 4.76. The van der Waals surface area contributed by atoms with Crippen LogP contribution in [0.25, 0.3) is 10.2 Å². The zero-order chi connectivity index (χ0) is 11.0. The van der Waals surface area contributed by atoms with Crippen molar-refractivity contribution in [3.63, 3.8) is 0 Å². The Labute approximate surface area is 98.2 Å². The molecule has 2 heterocycles. The summed E-state index contributed by atoms with van der Waals surface area (Å²) >= 11 is 4.53. The summed E-state index contributed by atoms with van der Waals surface area (Å²) in [5.74, 6) is -0.424. The number of pyridine rings is 1. The molecule has 0 unspecified atom stereocenters. The molecule has 0 aliphatic rings. The lowest BCUT2D eigenvalue weighted by Crippen LogP contribution is -2.01. The average Bonchev–Trinajstić information content (AvgIpc) is 2.55. The molecule has 0 fully saturated rings. The molecule has 4 nitrogen and oxygen atoms in total. The van der Waals surface area contributed by atoms with E-state index in [-0.39, 0.29) is 0 Å². The lowest BCUT2D eigenvalue weighted by molar-refractivity contribution is 0.0607. The molecule has 78 valence electrons. The van der Waals surface area contributed by atoms with E-state index >= 15 is 0 Å². The quantitative estimate of drug-likeness (QED) is 0.818. The number of esters is 1. The largest absolute Gasteiger partial charge is 0.465 e. The van der Waals surface area contributed by atoms with Crippen LogP contribution in [-0.2, 0) is 4.74 Å². The highest BCUT2D eigenvalue weighted by Crippen LogP contribution is 2.33. The molecule has 0 aromatic carbocycles. The first-order chi connectivity index (χ1) is 7.13. The first-order valence-electron chi connectivity index (χ1n) is 4.05. The molecule has 0 spiro atoms. The van der Waals surface area contributed by atoms with Crippen LogP contribution in [-0.4, -0.2) is 18.1 Å². The highest BCUT2D eigenvalue weighted by atomic mass is 79.9. The number of hydrogen-bond donors (Lipinski definition) is 1. The summed E-state index contributed by atoms with van der Waals surface area (Å²) in [5.41, 5.74) is 6.26. The highest BCUT2D eigenvalue weighted by Gasteiger charge is 2.17. The molecule has 6 heteroatoms. The average molecular weight is 287 g/mol. The van der Waals surface area contributed by atoms with Crippen molar-refractivity contribution < 1.29 is 9.53 Å². The third-order valence-electron chi connectivity index (χ3n) is 1.92. The van der Waals surface area contributed by atoms with Crippen molar-refractivity contribution >= 4 is 49.1 Å². The number of thiophene rings is 1. The number of carbonyl (C=O) groups is 1. The van der Waals surface area contributed by atoms with Gasteiger partial charge in [-0.2, -0.15) is 0 Å². The zero-order valence-electron chi connectivity index (χ0n) is 7.78. The number of aromatic nitrogens is 1. The molecule has 0 atom stereocenters. The fourth-order valence-electron chi connectivity index (χ4n) is 1.22. The van der Waals surface area contributed by atoms with Crippen molar-refractivity contribution in [1.29, 1.82) is 0 Å². The van der Waals surface area contributed by atoms with Crippen LogP contribution in [0.1, 0.15) is 9.67 Å². The second-order valence-electron chi connectivity index (χ2n) is 2.84. The number of ether oxygens (including phenoxy) is 1. The smallest absolute Gasteiger partial charge is 0.350 e. The van der Waals surface area contributed by atoms with Crippen LogP contribution in [0.3, 0.4) is 0 Å². The van der Waals surface area contributed by atoms with E-state index in [2.05, 4.69) is 25.7 Å². The van der Waals surface area contributed by atoms with E-state index in [1.165, 1.54) is 18.4 Å². The van der Waals surface area contributed by atoms with Gasteiger partial charge >= 0.3 is 5.97 Å². The van der Waals surface area contributed by atoms with Gasteiger partial charge in [-0.1, -0.05) is 0 Å². The van der Waals surface area contributed by atoms with E-state index in [9.17, 15) is 4.79 Å². The van der Waals surface area contributed by atoms with Gasteiger partial charge in [0.1, 0.15) is 9.71 Å². The van der Waals surface area contributed by atoms with E-state index < -0.39 is 5.97 Å². The number of methoxy groups -OCH3 is 1. The van der Waals surface area contributed by atoms with Gasteiger partial charge in [0.25, 0.3) is 0 Å². The van der Waals surface area contributed by atoms with Gasteiger partial charge < -0.3 is 10.5 Å². The van der Waals surface area contributed by atoms with Gasteiger partial charge in [0.15, 0.2) is 0 Å². The molecule has 15 heavy (non-hydrogen) atoms. The van der Waals surface area contributed by atoms with Crippen molar-refractivity contribution in [3.8, 4) is 0 Å². The Hall–Kier alpha value is -1.14. The third kappa shape index (κ3) is 1.70. The van der Waals surface area contributed by atoms with E-state index in [1.807, 2.05) is 6.07 Å². The molecule has 0 amide bonds. The Balaban J connectivity index is 2.69. The predicted octanol–water partition coefficient (Wildman–Crippen LogP) is 2.43. The highest BCUT2D eigenvalue weighted by molar-refractivity contribution is 9.10. The number of hydrogen-bond acceptors (Lipinski definition) is 5. The Bertz CT molecular complexity index is 538. The minimum atomic E-state index is -0.424. The fraction of sp³-hybridized carbons (Fsp3) is 0.111. The molecular weight excluding hydrogens is 280 g/mol. The summed E-state index contributed by atoms with van der Waals surface area (Å²) in [7, 11) is 1.33. The van der Waals surface area contributed by atoms with Gasteiger partial charge in [-0.05, 0) is 22.0 Å². The Morgan fingerprint density at radius 1 is 1.67 bits per heavy atom. The van der Waals surface area contributed by atoms with Crippen LogP contribution in [0.15, 0.2) is 16.7 Å². The van der Waals surface area contributed by atoms with Crippen molar-refractivity contribution in [2.75, 3.05) is 12.8 Å². The number of nitrogen functional groups attached to an aromatic ring is 1. The number of anilines is 1. The van der Waals surface area contributed by atoms with Crippen LogP contribution in [0.4, 0.5) is 5.69 Å². The summed E-state index contributed by atoms with van der Waals surface area (Å²) < 4.78 is 5.46. The molecule has 2 rings (SSSR count). The number of rotatable bonds is 1. The topological polar surface area (TPSA) is 65.2 Å². The summed E-state index contributed by atoms with van der Waals surface area (Å²) in [6.45, 7) is 0. The number of nitrogens with zero attached hydrogens (tertiary/aromatic N) is 1. The SMILES string of the molecule is COC(=O)c1sc2ncc(Br)cc2c1N. The number of halogens is 1. The van der Waals surface area contributed by atoms with E-state index in [4.69, 9.17) is 5.73 Å². The van der Waals surface area contributed by atoms with Crippen LogP contribution >= 0.6 is 27.3 Å². The van der Waals surface area contributed by atoms with Crippen molar-refractivity contribution in [1.82, 2.24) is 4.98 Å². The third-order valence-corrected chi connectivity index (χ3v) is 3.47. The minimum Gasteiger partial charge on any atom is -0.465 e. The molecule has 0 bridgehead atoms. The Kier molecular flexibility index (Phi) is 2.62. The van der Waals surface area contributed by atoms with Crippen molar-refractivity contribution in [2.24, 2.45) is 0 Å². The van der Waals surface area contributed by atoms with Gasteiger partial charge in [0.05, 0.1) is 12.8 Å². The standard InChI is InChI=1S/C9H7BrN2O2S/c1-14-9(13)7-6(11)5-2-4(10)3-12-8(5)15-7/h2-3H,11H2,1H3. The van der Waals surface area contributed by atoms with Crippen molar-refractivity contribution in [2.45, 2.75) is 0 Å². The van der Waals surface area contributed by atoms with Crippen LogP contribution in [0, 0.1) is 0 Å². The molecule has 2 aromatic heterocycles. The zero-order valence-corrected chi connectivity index (χ0v) is 10.2. The van der Waals surface area contributed by atoms with Crippen molar-refractivity contribution in [3.05, 3.63) is 21.6 Å². The maximum Gasteiger partial charge on any atom is 0.350 e. The molecule has 0 aliphatic carbocycles. The van der Waals surface area contributed by atoms with Crippen LogP contribution in [0.5, 0.6) is 0 Å². The summed E-state index contributed by atoms with van der Waals surface area (Å²) in [6.07, 6.45) is 1.67. The lowest BCUT2D eigenvalue weighted by atomic mass is 10.3. The monoisotopic (exact) mass is 286 g/mol. The first kappa shape index (κ1) is 10.4. The Morgan fingerprint density at radius 2 is 2.40 bits per heavy atom. The first-order valence-corrected chi connectivity index (χ1v) is 5.66. The molecule has 0 saturated heterocycles. The van der Waals surface area contributed by atoms with Gasteiger partial charge in [-0.25, -0.2) is 9.78 Å². The second kappa shape index (κ2) is 3.79. The van der Waals surface area contributed by atoms with Gasteiger partial charge in [0.2, 0.25) is 0 Å². The number of nitrogens with two attached hydrogens (primary N) is 1. The predicted molar refractivity (Wildman–Crippen MR) is 63.1 cm³/mol. The Morgan fingerprint density at radius 3 is 3.07 bits per heavy atom. The maximum absolute atomic E-state index is 11.4. The minimum absolute atomic E-state index is 0.401. The summed E-state index contributed by atoms with van der Waals surface area (Å²) in [6, 6.07) is 1.83.